The van der Waals surface area contributed by atoms with Crippen molar-refractivity contribution in [2.45, 2.75) is 32.7 Å². The van der Waals surface area contributed by atoms with Crippen LogP contribution in [0.4, 0.5) is 0 Å². The van der Waals surface area contributed by atoms with Crippen molar-refractivity contribution in [2.75, 3.05) is 7.05 Å². The SMILES string of the molecule is CCc1ccc(CCC(=O)N(C)Cc2ccncc2)cc1. The number of hydrogen-bond donors (Lipinski definition) is 0. The lowest BCUT2D eigenvalue weighted by Crippen LogP contribution is -2.26. The average Bonchev–Trinajstić information content (AvgIpc) is 2.54. The standard InChI is InChI=1S/C18H22N2O/c1-3-15-4-6-16(7-5-15)8-9-18(21)20(2)14-17-10-12-19-13-11-17/h4-7,10-13H,3,8-9,14H2,1-2H3. The number of aryl methyl sites for hydroxylation is 2. The van der Waals surface area contributed by atoms with Gasteiger partial charge in [0.2, 0.25) is 5.91 Å². The Morgan fingerprint density at radius 3 is 2.24 bits per heavy atom. The highest BCUT2D eigenvalue weighted by Gasteiger charge is 2.09. The van der Waals surface area contributed by atoms with Crippen LogP contribution in [0.15, 0.2) is 48.8 Å². The molecule has 3 heteroatoms. The van der Waals surface area contributed by atoms with E-state index in [1.807, 2.05) is 19.2 Å². The van der Waals surface area contributed by atoms with Crippen LogP contribution in [0.2, 0.25) is 0 Å². The highest BCUT2D eigenvalue weighted by atomic mass is 16.2. The third kappa shape index (κ3) is 4.71. The van der Waals surface area contributed by atoms with Gasteiger partial charge in [-0.2, -0.15) is 0 Å². The van der Waals surface area contributed by atoms with E-state index in [1.165, 1.54) is 11.1 Å². The fraction of sp³-hybridized carbons (Fsp3) is 0.333. The number of hydrogen-bond acceptors (Lipinski definition) is 2. The van der Waals surface area contributed by atoms with Gasteiger partial charge in [-0.25, -0.2) is 0 Å². The molecule has 3 nitrogen and oxygen atoms in total. The number of amides is 1. The molecule has 1 aromatic heterocycles. The highest BCUT2D eigenvalue weighted by Crippen LogP contribution is 2.09. The molecule has 1 heterocycles. The van der Waals surface area contributed by atoms with Gasteiger partial charge in [0.1, 0.15) is 0 Å². The van der Waals surface area contributed by atoms with Crippen LogP contribution in [0, 0.1) is 0 Å². The molecule has 0 unspecified atom stereocenters. The Morgan fingerprint density at radius 2 is 1.62 bits per heavy atom. The predicted octanol–water partition coefficient (Wildman–Crippen LogP) is 3.24. The van der Waals surface area contributed by atoms with Crippen molar-refractivity contribution in [1.82, 2.24) is 9.88 Å². The Bertz CT molecular complexity index is 564. The van der Waals surface area contributed by atoms with E-state index < -0.39 is 0 Å². The van der Waals surface area contributed by atoms with Crippen molar-refractivity contribution in [1.29, 1.82) is 0 Å². The molecule has 0 aliphatic heterocycles. The van der Waals surface area contributed by atoms with E-state index in [2.05, 4.69) is 36.2 Å². The van der Waals surface area contributed by atoms with Crippen molar-refractivity contribution in [3.63, 3.8) is 0 Å². The van der Waals surface area contributed by atoms with Gasteiger partial charge < -0.3 is 4.90 Å². The van der Waals surface area contributed by atoms with Crippen LogP contribution in [0.5, 0.6) is 0 Å². The van der Waals surface area contributed by atoms with Crippen molar-refractivity contribution in [3.8, 4) is 0 Å². The number of rotatable bonds is 6. The number of benzene rings is 1. The number of carbonyl (C=O) groups is 1. The molecule has 1 aromatic carbocycles. The molecule has 0 aliphatic rings. The summed E-state index contributed by atoms with van der Waals surface area (Å²) in [5.74, 6) is 0.173. The summed E-state index contributed by atoms with van der Waals surface area (Å²) in [5, 5.41) is 0. The van der Waals surface area contributed by atoms with Crippen LogP contribution in [-0.2, 0) is 24.2 Å². The summed E-state index contributed by atoms with van der Waals surface area (Å²) in [7, 11) is 1.85. The van der Waals surface area contributed by atoms with Gasteiger partial charge in [0.25, 0.3) is 0 Å². The van der Waals surface area contributed by atoms with E-state index in [-0.39, 0.29) is 5.91 Å². The summed E-state index contributed by atoms with van der Waals surface area (Å²) in [5.41, 5.74) is 3.66. The largest absolute Gasteiger partial charge is 0.341 e. The van der Waals surface area contributed by atoms with Gasteiger partial charge in [-0.1, -0.05) is 31.2 Å². The first-order chi connectivity index (χ1) is 10.2. The third-order valence-electron chi connectivity index (χ3n) is 3.65. The van der Waals surface area contributed by atoms with E-state index in [0.717, 1.165) is 18.4 Å². The molecule has 1 amide bonds. The smallest absolute Gasteiger partial charge is 0.222 e. The molecule has 0 radical (unpaired) electrons. The van der Waals surface area contributed by atoms with Crippen LogP contribution in [0.1, 0.15) is 30.0 Å². The van der Waals surface area contributed by atoms with Crippen molar-refractivity contribution in [2.24, 2.45) is 0 Å². The molecule has 2 rings (SSSR count). The van der Waals surface area contributed by atoms with Crippen molar-refractivity contribution >= 4 is 5.91 Å². The van der Waals surface area contributed by atoms with E-state index in [0.29, 0.717) is 13.0 Å². The monoisotopic (exact) mass is 282 g/mol. The topological polar surface area (TPSA) is 33.2 Å². The predicted molar refractivity (Wildman–Crippen MR) is 84.9 cm³/mol. The molecule has 0 aliphatic carbocycles. The molecule has 0 saturated carbocycles. The number of aromatic nitrogens is 1. The fourth-order valence-electron chi connectivity index (χ4n) is 2.23. The van der Waals surface area contributed by atoms with Crippen LogP contribution in [-0.4, -0.2) is 22.8 Å². The molecule has 0 saturated heterocycles. The Balaban J connectivity index is 1.83. The van der Waals surface area contributed by atoms with Crippen LogP contribution in [0.25, 0.3) is 0 Å². The van der Waals surface area contributed by atoms with Crippen molar-refractivity contribution in [3.05, 3.63) is 65.5 Å². The number of carbonyl (C=O) groups excluding carboxylic acids is 1. The maximum Gasteiger partial charge on any atom is 0.222 e. The van der Waals surface area contributed by atoms with Gasteiger partial charge in [0, 0.05) is 32.4 Å². The lowest BCUT2D eigenvalue weighted by atomic mass is 10.1. The van der Waals surface area contributed by atoms with Crippen LogP contribution in [0.3, 0.4) is 0 Å². The van der Waals surface area contributed by atoms with Crippen molar-refractivity contribution < 1.29 is 4.79 Å². The maximum absolute atomic E-state index is 12.2. The minimum Gasteiger partial charge on any atom is -0.341 e. The molecular weight excluding hydrogens is 260 g/mol. The normalized spacial score (nSPS) is 10.4. The molecule has 2 aromatic rings. The van der Waals surface area contributed by atoms with Gasteiger partial charge in [0.15, 0.2) is 0 Å². The molecule has 0 N–H and O–H groups in total. The molecule has 0 fully saturated rings. The van der Waals surface area contributed by atoms with E-state index >= 15 is 0 Å². The first-order valence-corrected chi connectivity index (χ1v) is 7.39. The Labute approximate surface area is 126 Å². The summed E-state index contributed by atoms with van der Waals surface area (Å²) >= 11 is 0. The van der Waals surface area contributed by atoms with Gasteiger partial charge in [-0.3, -0.25) is 9.78 Å². The first-order valence-electron chi connectivity index (χ1n) is 7.39. The van der Waals surface area contributed by atoms with E-state index in [4.69, 9.17) is 0 Å². The molecule has 0 atom stereocenters. The Kier molecular flexibility index (Phi) is 5.50. The molecule has 21 heavy (non-hydrogen) atoms. The zero-order valence-corrected chi connectivity index (χ0v) is 12.7. The number of nitrogens with zero attached hydrogens (tertiary/aromatic N) is 2. The summed E-state index contributed by atoms with van der Waals surface area (Å²) < 4.78 is 0. The highest BCUT2D eigenvalue weighted by molar-refractivity contribution is 5.76. The average molecular weight is 282 g/mol. The molecule has 0 bridgehead atoms. The third-order valence-corrected chi connectivity index (χ3v) is 3.65. The van der Waals surface area contributed by atoms with E-state index in [1.54, 1.807) is 17.3 Å². The van der Waals surface area contributed by atoms with Gasteiger partial charge in [-0.15, -0.1) is 0 Å². The molecular formula is C18H22N2O. The zero-order chi connectivity index (χ0) is 15.1. The van der Waals surface area contributed by atoms with Gasteiger partial charge in [0.05, 0.1) is 0 Å². The summed E-state index contributed by atoms with van der Waals surface area (Å²) in [4.78, 5) is 17.9. The lowest BCUT2D eigenvalue weighted by Gasteiger charge is -2.17. The van der Waals surface area contributed by atoms with Gasteiger partial charge >= 0.3 is 0 Å². The second kappa shape index (κ2) is 7.58. The quantitative estimate of drug-likeness (QED) is 0.815. The second-order valence-electron chi connectivity index (χ2n) is 5.28. The molecule has 110 valence electrons. The second-order valence-corrected chi connectivity index (χ2v) is 5.28. The zero-order valence-electron chi connectivity index (χ0n) is 12.7. The minimum absolute atomic E-state index is 0.173. The fourth-order valence-corrected chi connectivity index (χ4v) is 2.23. The van der Waals surface area contributed by atoms with Gasteiger partial charge in [-0.05, 0) is 41.7 Å². The van der Waals surface area contributed by atoms with E-state index in [9.17, 15) is 4.79 Å². The Morgan fingerprint density at radius 1 is 1.00 bits per heavy atom. The molecule has 0 spiro atoms. The van der Waals surface area contributed by atoms with Crippen LogP contribution >= 0.6 is 0 Å². The Hall–Kier alpha value is -2.16. The first kappa shape index (κ1) is 15.2. The maximum atomic E-state index is 12.2. The van der Waals surface area contributed by atoms with Crippen LogP contribution < -0.4 is 0 Å². The lowest BCUT2D eigenvalue weighted by molar-refractivity contribution is -0.130. The summed E-state index contributed by atoms with van der Waals surface area (Å²) in [6, 6.07) is 12.4. The minimum atomic E-state index is 0.173. The summed E-state index contributed by atoms with van der Waals surface area (Å²) in [6.45, 7) is 2.78. The number of pyridine rings is 1. The summed E-state index contributed by atoms with van der Waals surface area (Å²) in [6.07, 6.45) is 5.90.